The second kappa shape index (κ2) is 6.00. The van der Waals surface area contributed by atoms with Gasteiger partial charge >= 0.3 is 0 Å². The van der Waals surface area contributed by atoms with Crippen LogP contribution in [-0.4, -0.2) is 5.78 Å². The highest BCUT2D eigenvalue weighted by Gasteiger charge is 2.19. The maximum atomic E-state index is 9.44. The summed E-state index contributed by atoms with van der Waals surface area (Å²) >= 11 is 0. The third-order valence-electron chi connectivity index (χ3n) is 5.10. The topological polar surface area (TPSA) is 17.1 Å². The highest BCUT2D eigenvalue weighted by molar-refractivity contribution is 6.15. The van der Waals surface area contributed by atoms with Gasteiger partial charge in [-0.1, -0.05) is 48.5 Å². The van der Waals surface area contributed by atoms with Gasteiger partial charge in [-0.15, -0.1) is 0 Å². The van der Waals surface area contributed by atoms with E-state index < -0.39 is 0 Å². The van der Waals surface area contributed by atoms with E-state index in [1.807, 2.05) is 0 Å². The van der Waals surface area contributed by atoms with E-state index in [1.54, 1.807) is 11.1 Å². The minimum absolute atomic E-state index is 0.167. The first-order valence-corrected chi connectivity index (χ1v) is 8.89. The van der Waals surface area contributed by atoms with Gasteiger partial charge in [-0.25, -0.2) is 0 Å². The van der Waals surface area contributed by atoms with Gasteiger partial charge in [0.25, 0.3) is 0 Å². The molecule has 0 aromatic heterocycles. The number of carbonyl (C=O) groups is 1. The van der Waals surface area contributed by atoms with Crippen LogP contribution < -0.4 is 0 Å². The van der Waals surface area contributed by atoms with Gasteiger partial charge in [0.15, 0.2) is 0 Å². The van der Waals surface area contributed by atoms with Gasteiger partial charge in [-0.05, 0) is 88.7 Å². The molecule has 0 unspecified atom stereocenters. The summed E-state index contributed by atoms with van der Waals surface area (Å²) in [4.78, 5) is 9.44. The fourth-order valence-electron chi connectivity index (χ4n) is 4.08. The molecule has 0 radical (unpaired) electrons. The smallest absolute Gasteiger partial charge is 0.126 e. The number of rotatable bonds is 0. The number of hydrogen-bond acceptors (Lipinski definition) is 1. The van der Waals surface area contributed by atoms with Crippen LogP contribution in [0.5, 0.6) is 0 Å². The fraction of sp³-hybridized carbons (Fsp3) is 0.208. The number of aryl methyl sites for hydroxylation is 3. The van der Waals surface area contributed by atoms with Crippen LogP contribution in [0.3, 0.4) is 0 Å². The summed E-state index contributed by atoms with van der Waals surface area (Å²) in [7, 11) is 0. The first kappa shape index (κ1) is 15.8. The Morgan fingerprint density at radius 1 is 0.760 bits per heavy atom. The van der Waals surface area contributed by atoms with E-state index in [2.05, 4.69) is 61.5 Å². The molecular weight excluding hydrogens is 304 g/mol. The van der Waals surface area contributed by atoms with Crippen LogP contribution >= 0.6 is 0 Å². The van der Waals surface area contributed by atoms with Crippen molar-refractivity contribution in [1.82, 2.24) is 0 Å². The third kappa shape index (κ3) is 2.60. The number of benzene rings is 4. The van der Waals surface area contributed by atoms with Crippen LogP contribution in [0.2, 0.25) is 0 Å². The lowest BCUT2D eigenvalue weighted by Gasteiger charge is -2.11. The minimum atomic E-state index is 0.167. The molecule has 1 aliphatic carbocycles. The number of Topliss-reactive ketones (excluding diaryl/α,β-unsaturated/α-hetero) is 1. The molecule has 0 saturated heterocycles. The Labute approximate surface area is 148 Å². The van der Waals surface area contributed by atoms with Crippen molar-refractivity contribution in [3.05, 3.63) is 71.3 Å². The number of carbonyl (C=O) groups excluding carboxylic acids is 1. The second-order valence-electron chi connectivity index (χ2n) is 7.10. The molecule has 0 heterocycles. The zero-order chi connectivity index (χ0) is 17.6. The Morgan fingerprint density at radius 2 is 1.44 bits per heavy atom. The molecule has 0 spiro atoms. The lowest BCUT2D eigenvalue weighted by Crippen LogP contribution is -1.86. The molecule has 0 atom stereocenters. The Bertz CT molecular complexity index is 1130. The molecule has 4 aromatic carbocycles. The van der Waals surface area contributed by atoms with Crippen molar-refractivity contribution in [2.24, 2.45) is 0 Å². The Hall–Kier alpha value is -2.67. The maximum Gasteiger partial charge on any atom is 0.126 e. The van der Waals surface area contributed by atoms with Gasteiger partial charge in [0.05, 0.1) is 0 Å². The molecule has 124 valence electrons. The monoisotopic (exact) mass is 326 g/mol. The molecule has 1 heteroatoms. The summed E-state index contributed by atoms with van der Waals surface area (Å²) in [5.74, 6) is 0.167. The van der Waals surface area contributed by atoms with E-state index in [0.717, 1.165) is 0 Å². The summed E-state index contributed by atoms with van der Waals surface area (Å²) in [6.45, 7) is 5.30. The summed E-state index contributed by atoms with van der Waals surface area (Å²) in [6.07, 6.45) is 2.39. The largest absolute Gasteiger partial charge is 0.300 e. The normalized spacial score (nSPS) is 12.4. The van der Waals surface area contributed by atoms with Gasteiger partial charge in [0.2, 0.25) is 0 Å². The summed E-state index contributed by atoms with van der Waals surface area (Å²) in [6, 6.07) is 20.3. The zero-order valence-electron chi connectivity index (χ0n) is 15.0. The molecule has 0 N–H and O–H groups in total. The standard InChI is InChI=1S/C21H16.C3H6O/c1-13-6-7-15-12-20-17-5-3-2-4-14(17)8-9-18(20)19-11-10-16(13)21(15)19;1-3(2)4/h2-9,12H,10-11H2,1H3;1-2H3. The van der Waals surface area contributed by atoms with Crippen molar-refractivity contribution in [3.8, 4) is 0 Å². The van der Waals surface area contributed by atoms with Gasteiger partial charge in [-0.2, -0.15) is 0 Å². The van der Waals surface area contributed by atoms with E-state index in [0.29, 0.717) is 0 Å². The maximum absolute atomic E-state index is 9.44. The van der Waals surface area contributed by atoms with Crippen molar-refractivity contribution in [2.75, 3.05) is 0 Å². The predicted molar refractivity (Wildman–Crippen MR) is 107 cm³/mol. The van der Waals surface area contributed by atoms with Gasteiger partial charge in [0.1, 0.15) is 5.78 Å². The van der Waals surface area contributed by atoms with E-state index in [9.17, 15) is 4.79 Å². The molecule has 0 bridgehead atoms. The molecule has 5 rings (SSSR count). The van der Waals surface area contributed by atoms with Crippen molar-refractivity contribution in [1.29, 1.82) is 0 Å². The van der Waals surface area contributed by atoms with Gasteiger partial charge in [-0.3, -0.25) is 0 Å². The summed E-state index contributed by atoms with van der Waals surface area (Å²) in [5.41, 5.74) is 4.57. The van der Waals surface area contributed by atoms with E-state index >= 15 is 0 Å². The summed E-state index contributed by atoms with van der Waals surface area (Å²) < 4.78 is 0. The highest BCUT2D eigenvalue weighted by atomic mass is 16.1. The van der Waals surface area contributed by atoms with Crippen LogP contribution in [0.15, 0.2) is 54.6 Å². The molecule has 0 saturated carbocycles. The number of ketones is 1. The van der Waals surface area contributed by atoms with Crippen molar-refractivity contribution in [3.63, 3.8) is 0 Å². The van der Waals surface area contributed by atoms with Crippen LogP contribution in [0.1, 0.15) is 30.5 Å². The van der Waals surface area contributed by atoms with Crippen molar-refractivity contribution >= 4 is 38.1 Å². The Kier molecular flexibility index (Phi) is 3.80. The van der Waals surface area contributed by atoms with Crippen molar-refractivity contribution < 1.29 is 4.79 Å². The zero-order valence-corrected chi connectivity index (χ0v) is 15.0. The average Bonchev–Trinajstić information content (AvgIpc) is 3.04. The second-order valence-corrected chi connectivity index (χ2v) is 7.10. The average molecular weight is 326 g/mol. The third-order valence-corrected chi connectivity index (χ3v) is 5.10. The first-order chi connectivity index (χ1) is 12.1. The van der Waals surface area contributed by atoms with Gasteiger partial charge in [0, 0.05) is 0 Å². The summed E-state index contributed by atoms with van der Waals surface area (Å²) in [5, 5.41) is 8.51. The first-order valence-electron chi connectivity index (χ1n) is 8.89. The highest BCUT2D eigenvalue weighted by Crippen LogP contribution is 2.40. The molecule has 1 nitrogen and oxygen atoms in total. The fourth-order valence-corrected chi connectivity index (χ4v) is 4.08. The lowest BCUT2D eigenvalue weighted by molar-refractivity contribution is -0.114. The van der Waals surface area contributed by atoms with Crippen LogP contribution in [0.25, 0.3) is 32.3 Å². The molecule has 1 aliphatic rings. The Morgan fingerprint density at radius 3 is 2.24 bits per heavy atom. The molecule has 0 amide bonds. The molecule has 0 aliphatic heterocycles. The van der Waals surface area contributed by atoms with E-state index in [-0.39, 0.29) is 5.78 Å². The van der Waals surface area contributed by atoms with Crippen LogP contribution in [0, 0.1) is 6.92 Å². The minimum Gasteiger partial charge on any atom is -0.300 e. The Balaban J connectivity index is 0.000000358. The van der Waals surface area contributed by atoms with E-state index in [1.165, 1.54) is 64.6 Å². The van der Waals surface area contributed by atoms with Gasteiger partial charge < -0.3 is 4.79 Å². The van der Waals surface area contributed by atoms with Crippen molar-refractivity contribution in [2.45, 2.75) is 33.6 Å². The van der Waals surface area contributed by atoms with Crippen LogP contribution in [-0.2, 0) is 17.6 Å². The predicted octanol–water partition coefficient (Wildman–Crippen LogP) is 6.15. The molecular formula is C24H22O. The number of fused-ring (bicyclic) bond motifs is 4. The molecule has 0 fully saturated rings. The SMILES string of the molecule is CC(C)=O.Cc1ccc2cc3c(ccc4ccccc43)c3c2c1CC3. The quantitative estimate of drug-likeness (QED) is 0.280. The van der Waals surface area contributed by atoms with E-state index in [4.69, 9.17) is 0 Å². The lowest BCUT2D eigenvalue weighted by atomic mass is 9.93. The van der Waals surface area contributed by atoms with Crippen LogP contribution in [0.4, 0.5) is 0 Å². The number of hydrogen-bond donors (Lipinski definition) is 0. The molecule has 4 aromatic rings. The molecule has 25 heavy (non-hydrogen) atoms.